The summed E-state index contributed by atoms with van der Waals surface area (Å²) in [5, 5.41) is 0. The molecule has 1 spiro atoms. The summed E-state index contributed by atoms with van der Waals surface area (Å²) in [7, 11) is 1.60. The number of esters is 1. The van der Waals surface area contributed by atoms with E-state index >= 15 is 0 Å². The molecule has 86 valence electrons. The molecule has 0 radical (unpaired) electrons. The molecule has 2 fully saturated rings. The van der Waals surface area contributed by atoms with E-state index in [0.29, 0.717) is 6.42 Å². The predicted octanol–water partition coefficient (Wildman–Crippen LogP) is 1.43. The van der Waals surface area contributed by atoms with Crippen LogP contribution in [0, 0.1) is 5.41 Å². The van der Waals surface area contributed by atoms with E-state index in [-0.39, 0.29) is 17.1 Å². The van der Waals surface area contributed by atoms with Gasteiger partial charge in [0.15, 0.2) is 0 Å². The van der Waals surface area contributed by atoms with Crippen molar-refractivity contribution in [3.05, 3.63) is 0 Å². The second-order valence-corrected chi connectivity index (χ2v) is 7.25. The molecule has 1 unspecified atom stereocenters. The van der Waals surface area contributed by atoms with Crippen LogP contribution in [0.2, 0.25) is 0 Å². The van der Waals surface area contributed by atoms with Crippen molar-refractivity contribution in [3.8, 4) is 0 Å². The van der Waals surface area contributed by atoms with Crippen LogP contribution in [0.4, 0.5) is 0 Å². The number of ether oxygens (including phenoxy) is 1. The zero-order valence-corrected chi connectivity index (χ0v) is 9.81. The average molecular weight is 253 g/mol. The van der Waals surface area contributed by atoms with Crippen molar-refractivity contribution in [1.82, 2.24) is 0 Å². The van der Waals surface area contributed by atoms with Crippen LogP contribution in [-0.4, -0.2) is 26.2 Å². The second kappa shape index (κ2) is 3.63. The minimum Gasteiger partial charge on any atom is -0.461 e. The van der Waals surface area contributed by atoms with Crippen molar-refractivity contribution in [1.29, 1.82) is 0 Å². The first-order valence-corrected chi connectivity index (χ1v) is 7.51. The van der Waals surface area contributed by atoms with E-state index in [2.05, 4.69) is 0 Å². The molecule has 0 N–H and O–H groups in total. The summed E-state index contributed by atoms with van der Waals surface area (Å²) >= 11 is 0. The van der Waals surface area contributed by atoms with E-state index in [1.165, 1.54) is 0 Å². The quantitative estimate of drug-likeness (QED) is 0.551. The van der Waals surface area contributed by atoms with Crippen molar-refractivity contribution in [3.63, 3.8) is 0 Å². The average Bonchev–Trinajstić information content (AvgIpc) is 2.59. The van der Waals surface area contributed by atoms with Gasteiger partial charge in [-0.25, -0.2) is 8.42 Å². The first kappa shape index (κ1) is 11.2. The van der Waals surface area contributed by atoms with E-state index in [1.807, 2.05) is 0 Å². The molecule has 1 heterocycles. The first-order valence-electron chi connectivity index (χ1n) is 5.03. The van der Waals surface area contributed by atoms with Crippen LogP contribution >= 0.6 is 10.7 Å². The van der Waals surface area contributed by atoms with E-state index in [1.54, 1.807) is 0 Å². The number of hydrogen-bond donors (Lipinski definition) is 0. The summed E-state index contributed by atoms with van der Waals surface area (Å²) in [6, 6.07) is 0. The third-order valence-corrected chi connectivity index (χ3v) is 4.48. The molecule has 0 aromatic carbocycles. The highest BCUT2D eigenvalue weighted by Gasteiger charge is 2.51. The van der Waals surface area contributed by atoms with E-state index in [4.69, 9.17) is 15.4 Å². The molecule has 1 saturated carbocycles. The van der Waals surface area contributed by atoms with E-state index < -0.39 is 15.2 Å². The third-order valence-electron chi connectivity index (χ3n) is 3.40. The van der Waals surface area contributed by atoms with Crippen molar-refractivity contribution in [2.45, 2.75) is 38.2 Å². The Morgan fingerprint density at radius 2 is 2.00 bits per heavy atom. The van der Waals surface area contributed by atoms with Crippen molar-refractivity contribution < 1.29 is 17.9 Å². The summed E-state index contributed by atoms with van der Waals surface area (Å²) in [5.41, 5.74) is -0.251. The lowest BCUT2D eigenvalue weighted by Gasteiger charge is -2.26. The summed E-state index contributed by atoms with van der Waals surface area (Å²) in [6.07, 6.45) is 3.63. The molecular weight excluding hydrogens is 240 g/mol. The molecule has 0 aromatic rings. The smallest absolute Gasteiger partial charge is 0.306 e. The van der Waals surface area contributed by atoms with Gasteiger partial charge in [-0.1, -0.05) is 12.8 Å². The Labute approximate surface area is 93.4 Å². The van der Waals surface area contributed by atoms with Crippen LogP contribution in [0.1, 0.15) is 32.1 Å². The van der Waals surface area contributed by atoms with Gasteiger partial charge in [0.2, 0.25) is 9.05 Å². The van der Waals surface area contributed by atoms with Gasteiger partial charge in [-0.2, -0.15) is 0 Å². The Kier molecular flexibility index (Phi) is 2.71. The lowest BCUT2D eigenvalue weighted by molar-refractivity contribution is -0.140. The van der Waals surface area contributed by atoms with Crippen LogP contribution in [0.15, 0.2) is 0 Å². The third kappa shape index (κ3) is 2.28. The van der Waals surface area contributed by atoms with Gasteiger partial charge in [0.25, 0.3) is 0 Å². The van der Waals surface area contributed by atoms with Crippen LogP contribution < -0.4 is 0 Å². The standard InChI is InChI=1S/C9H13ClO4S/c10-15(12,13)6-7-9(3-1-2-4-9)5-8(11)14-7/h7H,1-6H2. The van der Waals surface area contributed by atoms with E-state index in [0.717, 1.165) is 25.7 Å². The minimum atomic E-state index is -3.60. The topological polar surface area (TPSA) is 60.4 Å². The molecule has 1 aliphatic carbocycles. The van der Waals surface area contributed by atoms with Gasteiger partial charge in [0, 0.05) is 16.1 Å². The molecule has 0 aromatic heterocycles. The van der Waals surface area contributed by atoms with Gasteiger partial charge in [-0.3, -0.25) is 4.79 Å². The normalized spacial score (nSPS) is 29.7. The Hall–Kier alpha value is -0.290. The fraction of sp³-hybridized carbons (Fsp3) is 0.889. The molecular formula is C9H13ClO4S. The minimum absolute atomic E-state index is 0.250. The molecule has 15 heavy (non-hydrogen) atoms. The molecule has 0 bridgehead atoms. The number of cyclic esters (lactones) is 1. The lowest BCUT2D eigenvalue weighted by atomic mass is 9.80. The zero-order valence-electron chi connectivity index (χ0n) is 8.24. The Bertz CT molecular complexity index is 370. The van der Waals surface area contributed by atoms with Crippen molar-refractivity contribution >= 4 is 25.7 Å². The highest BCUT2D eigenvalue weighted by molar-refractivity contribution is 8.13. The highest BCUT2D eigenvalue weighted by atomic mass is 35.7. The molecule has 4 nitrogen and oxygen atoms in total. The molecule has 2 aliphatic rings. The van der Waals surface area contributed by atoms with Gasteiger partial charge in [-0.15, -0.1) is 0 Å². The number of rotatable bonds is 2. The first-order chi connectivity index (χ1) is 6.91. The Morgan fingerprint density at radius 3 is 2.53 bits per heavy atom. The van der Waals surface area contributed by atoms with Crippen molar-refractivity contribution in [2.75, 3.05) is 5.75 Å². The van der Waals surface area contributed by atoms with Gasteiger partial charge >= 0.3 is 5.97 Å². The maximum absolute atomic E-state index is 11.2. The highest BCUT2D eigenvalue weighted by Crippen LogP contribution is 2.49. The molecule has 1 saturated heterocycles. The van der Waals surface area contributed by atoms with Crippen LogP contribution in [0.5, 0.6) is 0 Å². The predicted molar refractivity (Wildman–Crippen MR) is 55.0 cm³/mol. The molecule has 2 rings (SSSR count). The Morgan fingerprint density at radius 1 is 1.40 bits per heavy atom. The summed E-state index contributed by atoms with van der Waals surface area (Å²) in [5.74, 6) is -0.539. The second-order valence-electron chi connectivity index (χ2n) is 4.43. The number of carbonyl (C=O) groups is 1. The summed E-state index contributed by atoms with van der Waals surface area (Å²) < 4.78 is 27.1. The summed E-state index contributed by atoms with van der Waals surface area (Å²) in [6.45, 7) is 0. The molecule has 1 aliphatic heterocycles. The Balaban J connectivity index is 2.19. The molecule has 0 amide bonds. The van der Waals surface area contributed by atoms with Gasteiger partial charge in [-0.05, 0) is 12.8 Å². The van der Waals surface area contributed by atoms with E-state index in [9.17, 15) is 13.2 Å². The largest absolute Gasteiger partial charge is 0.461 e. The summed E-state index contributed by atoms with van der Waals surface area (Å²) in [4.78, 5) is 11.2. The number of carbonyl (C=O) groups excluding carboxylic acids is 1. The van der Waals surface area contributed by atoms with Gasteiger partial charge < -0.3 is 4.74 Å². The lowest BCUT2D eigenvalue weighted by Crippen LogP contribution is -2.33. The van der Waals surface area contributed by atoms with Gasteiger partial charge in [0.05, 0.1) is 6.42 Å². The van der Waals surface area contributed by atoms with Crippen LogP contribution in [0.3, 0.4) is 0 Å². The monoisotopic (exact) mass is 252 g/mol. The molecule has 1 atom stereocenters. The maximum Gasteiger partial charge on any atom is 0.306 e. The number of hydrogen-bond acceptors (Lipinski definition) is 4. The number of halogens is 1. The maximum atomic E-state index is 11.2. The van der Waals surface area contributed by atoms with Crippen LogP contribution in [-0.2, 0) is 18.6 Å². The molecule has 6 heteroatoms. The van der Waals surface area contributed by atoms with Crippen molar-refractivity contribution in [2.24, 2.45) is 5.41 Å². The van der Waals surface area contributed by atoms with Crippen LogP contribution in [0.25, 0.3) is 0 Å². The fourth-order valence-corrected chi connectivity index (χ4v) is 3.82. The SMILES string of the molecule is O=C1CC2(CCCC2)C(CS(=O)(=O)Cl)O1. The zero-order chi connectivity index (χ0) is 11.1. The fourth-order valence-electron chi connectivity index (χ4n) is 2.70. The van der Waals surface area contributed by atoms with Gasteiger partial charge in [0.1, 0.15) is 11.9 Å².